The zero-order valence-corrected chi connectivity index (χ0v) is 28.4. The fraction of sp³-hybridized carbons (Fsp3) is 0.250. The molecule has 0 saturated heterocycles. The van der Waals surface area contributed by atoms with Crippen LogP contribution >= 0.6 is 0 Å². The molecule has 4 rings (SSSR count). The lowest BCUT2D eigenvalue weighted by atomic mass is 10.0. The normalized spacial score (nSPS) is 13.0. The smallest absolute Gasteiger partial charge is 0.305 e. The Morgan fingerprint density at radius 3 is 1.94 bits per heavy atom. The quantitative estimate of drug-likeness (QED) is 0.0661. The average molecular weight is 730 g/mol. The number of methoxy groups -OCH3 is 1. The number of nitrogens with two attached hydrogens (primary N) is 1. The van der Waals surface area contributed by atoms with Crippen molar-refractivity contribution in [3.63, 3.8) is 0 Å². The molecule has 1 heterocycles. The van der Waals surface area contributed by atoms with Crippen molar-refractivity contribution in [2.24, 2.45) is 5.73 Å². The van der Waals surface area contributed by atoms with E-state index in [2.05, 4.69) is 31.2 Å². The third kappa shape index (κ3) is 11.6. The van der Waals surface area contributed by atoms with Gasteiger partial charge < -0.3 is 52.0 Å². The third-order valence-electron chi connectivity index (χ3n) is 8.00. The number of benzene rings is 3. The summed E-state index contributed by atoms with van der Waals surface area (Å²) >= 11 is 0. The number of hydrogen-bond acceptors (Lipinski definition) is 10. The number of carboxylic acids is 1. The highest BCUT2D eigenvalue weighted by Gasteiger charge is 2.33. The van der Waals surface area contributed by atoms with E-state index in [4.69, 9.17) is 10.5 Å². The molecule has 0 unspecified atom stereocenters. The van der Waals surface area contributed by atoms with Crippen molar-refractivity contribution in [1.82, 2.24) is 31.2 Å². The second-order valence-corrected chi connectivity index (χ2v) is 11.9. The van der Waals surface area contributed by atoms with Gasteiger partial charge in [0.25, 0.3) is 5.91 Å². The number of carboxylic acid groups (broad SMARTS) is 1. The van der Waals surface area contributed by atoms with Crippen LogP contribution in [0.3, 0.4) is 0 Å². The number of rotatable bonds is 18. The molecule has 0 aliphatic heterocycles. The van der Waals surface area contributed by atoms with Crippen LogP contribution in [-0.4, -0.2) is 92.1 Å². The Morgan fingerprint density at radius 2 is 1.34 bits per heavy atom. The van der Waals surface area contributed by atoms with Gasteiger partial charge in [0.05, 0.1) is 25.6 Å². The van der Waals surface area contributed by atoms with Gasteiger partial charge in [-0.2, -0.15) is 0 Å². The number of carbonyl (C=O) groups is 6. The molecule has 17 nitrogen and oxygen atoms in total. The fourth-order valence-corrected chi connectivity index (χ4v) is 5.23. The molecule has 0 saturated carbocycles. The van der Waals surface area contributed by atoms with Crippen LogP contribution in [0.25, 0.3) is 0 Å². The first kappa shape index (κ1) is 38.9. The van der Waals surface area contributed by atoms with Crippen molar-refractivity contribution >= 4 is 35.5 Å². The number of aromatic hydroxyl groups is 2. The van der Waals surface area contributed by atoms with Crippen molar-refractivity contribution in [2.75, 3.05) is 7.11 Å². The largest absolute Gasteiger partial charge is 0.508 e. The number of H-pyrrole nitrogens is 1. The fourth-order valence-electron chi connectivity index (χ4n) is 5.23. The lowest BCUT2D eigenvalue weighted by molar-refractivity contribution is -0.141. The minimum Gasteiger partial charge on any atom is -0.508 e. The molecular weight excluding hydrogens is 690 g/mol. The van der Waals surface area contributed by atoms with Gasteiger partial charge in [-0.3, -0.25) is 28.8 Å². The number of carbonyl (C=O) groups excluding carboxylic acids is 5. The van der Waals surface area contributed by atoms with E-state index in [-0.39, 0.29) is 42.1 Å². The number of hydrogen-bond donors (Lipinski definition) is 9. The zero-order chi connectivity index (χ0) is 38.5. The molecular formula is C36H39N7O10. The first-order valence-electron chi connectivity index (χ1n) is 16.2. The molecule has 0 fully saturated rings. The van der Waals surface area contributed by atoms with Gasteiger partial charge in [0.1, 0.15) is 29.9 Å². The van der Waals surface area contributed by atoms with Crippen LogP contribution in [0.5, 0.6) is 17.2 Å². The maximum Gasteiger partial charge on any atom is 0.305 e. The first-order chi connectivity index (χ1) is 25.3. The van der Waals surface area contributed by atoms with E-state index in [1.807, 2.05) is 0 Å². The summed E-state index contributed by atoms with van der Waals surface area (Å²) < 4.78 is 5.06. The van der Waals surface area contributed by atoms with Crippen molar-refractivity contribution in [3.8, 4) is 17.2 Å². The third-order valence-corrected chi connectivity index (χ3v) is 8.00. The number of aromatic nitrogens is 2. The van der Waals surface area contributed by atoms with Crippen molar-refractivity contribution in [2.45, 2.75) is 49.9 Å². The second kappa shape index (κ2) is 18.4. The Balaban J connectivity index is 1.56. The van der Waals surface area contributed by atoms with E-state index >= 15 is 0 Å². The number of primary amides is 1. The van der Waals surface area contributed by atoms with Crippen LogP contribution in [0, 0.1) is 0 Å². The predicted molar refractivity (Wildman–Crippen MR) is 187 cm³/mol. The summed E-state index contributed by atoms with van der Waals surface area (Å²) in [4.78, 5) is 85.3. The molecule has 4 atom stereocenters. The number of nitrogens with zero attached hydrogens (tertiary/aromatic N) is 1. The molecule has 0 bridgehead atoms. The molecule has 0 aliphatic carbocycles. The maximum absolute atomic E-state index is 13.8. The van der Waals surface area contributed by atoms with E-state index in [1.54, 1.807) is 30.3 Å². The van der Waals surface area contributed by atoms with Crippen molar-refractivity contribution in [3.05, 3.63) is 108 Å². The van der Waals surface area contributed by atoms with Crippen LogP contribution < -0.4 is 31.7 Å². The van der Waals surface area contributed by atoms with Gasteiger partial charge in [-0.25, -0.2) is 4.98 Å². The molecule has 0 radical (unpaired) electrons. The molecule has 17 heteroatoms. The summed E-state index contributed by atoms with van der Waals surface area (Å²) in [7, 11) is 1.29. The molecule has 10 N–H and O–H groups in total. The van der Waals surface area contributed by atoms with Crippen LogP contribution in [0.4, 0.5) is 0 Å². The number of phenolic OH excluding ortho intramolecular Hbond substituents is 2. The van der Waals surface area contributed by atoms with E-state index in [1.165, 1.54) is 62.1 Å². The topological polar surface area (TPSA) is 275 Å². The number of ether oxygens (including phenoxy) is 1. The molecule has 4 aromatic rings. The van der Waals surface area contributed by atoms with Gasteiger partial charge >= 0.3 is 5.97 Å². The molecule has 53 heavy (non-hydrogen) atoms. The minimum atomic E-state index is -1.75. The molecule has 1 aromatic heterocycles. The minimum absolute atomic E-state index is 0.00831. The summed E-state index contributed by atoms with van der Waals surface area (Å²) in [5.41, 5.74) is 7.12. The maximum atomic E-state index is 13.8. The zero-order valence-electron chi connectivity index (χ0n) is 28.4. The summed E-state index contributed by atoms with van der Waals surface area (Å²) in [5, 5.41) is 39.3. The number of aliphatic carboxylic acids is 1. The second-order valence-electron chi connectivity index (χ2n) is 11.9. The van der Waals surface area contributed by atoms with Crippen LogP contribution in [0.1, 0.15) is 33.6 Å². The van der Waals surface area contributed by atoms with Gasteiger partial charge in [0.2, 0.25) is 23.6 Å². The lowest BCUT2D eigenvalue weighted by Crippen LogP contribution is -2.59. The van der Waals surface area contributed by atoms with Crippen molar-refractivity contribution < 1.29 is 48.8 Å². The Kier molecular flexibility index (Phi) is 13.5. The molecule has 3 aromatic carbocycles. The van der Waals surface area contributed by atoms with Crippen LogP contribution in [0.2, 0.25) is 0 Å². The summed E-state index contributed by atoms with van der Waals surface area (Å²) in [5.74, 6) is -6.21. The van der Waals surface area contributed by atoms with Gasteiger partial charge in [-0.1, -0.05) is 42.5 Å². The number of phenols is 2. The van der Waals surface area contributed by atoms with E-state index < -0.39 is 66.1 Å². The Bertz CT molecular complexity index is 1900. The van der Waals surface area contributed by atoms with Gasteiger partial charge in [-0.15, -0.1) is 0 Å². The number of nitrogens with one attached hydrogen (secondary N) is 5. The number of imidazole rings is 1. The van der Waals surface area contributed by atoms with Gasteiger partial charge in [0.15, 0.2) is 11.5 Å². The van der Waals surface area contributed by atoms with E-state index in [0.29, 0.717) is 16.8 Å². The predicted octanol–water partition coefficient (Wildman–Crippen LogP) is 0.0704. The SMILES string of the molecule is COc1cc(C(=O)N[C@@H](Cc2ccc(O)cc2)C(=O)N[C@@H](CC(=O)O)C(=O)N[C@@H](Cc2c[nH]cn2)C(=O)N[C@@H](Cc2ccccc2)C(N)=O)ccc1O. The Morgan fingerprint density at radius 1 is 0.755 bits per heavy atom. The summed E-state index contributed by atoms with van der Waals surface area (Å²) in [6.07, 6.45) is 1.60. The van der Waals surface area contributed by atoms with E-state index in [9.17, 15) is 44.1 Å². The van der Waals surface area contributed by atoms with Gasteiger partial charge in [-0.05, 0) is 41.5 Å². The highest BCUT2D eigenvalue weighted by molar-refractivity contribution is 6.00. The first-order valence-corrected chi connectivity index (χ1v) is 16.2. The number of amides is 5. The Hall–Kier alpha value is -6.91. The van der Waals surface area contributed by atoms with E-state index in [0.717, 1.165) is 0 Å². The standard InChI is InChI=1S/C36H39N7O10/c1-53-30-15-22(9-12-29(30)45)33(49)41-26(14-21-7-10-24(44)11-8-21)34(50)43-28(17-31(46)47)36(52)42-27(16-23-18-38-19-39-23)35(51)40-25(32(37)48)13-20-5-3-2-4-6-20/h2-12,15,18-19,25-28,44-45H,13-14,16-17H2,1H3,(H2,37,48)(H,38,39)(H,40,51)(H,41,49)(H,42,52)(H,43,50)(H,46,47)/t25-,26-,27-,28-/m0/s1. The monoisotopic (exact) mass is 729 g/mol. The molecule has 0 spiro atoms. The van der Waals surface area contributed by atoms with Gasteiger partial charge in [0, 0.05) is 31.0 Å². The molecule has 278 valence electrons. The highest BCUT2D eigenvalue weighted by atomic mass is 16.5. The molecule has 0 aliphatic rings. The van der Waals surface area contributed by atoms with Crippen LogP contribution in [-0.2, 0) is 43.2 Å². The van der Waals surface area contributed by atoms with Crippen LogP contribution in [0.15, 0.2) is 85.3 Å². The Labute approximate surface area is 303 Å². The molecule has 5 amide bonds. The summed E-state index contributed by atoms with van der Waals surface area (Å²) in [6.45, 7) is 0. The lowest BCUT2D eigenvalue weighted by Gasteiger charge is -2.25. The average Bonchev–Trinajstić information content (AvgIpc) is 3.65. The highest BCUT2D eigenvalue weighted by Crippen LogP contribution is 2.26. The van der Waals surface area contributed by atoms with Crippen molar-refractivity contribution in [1.29, 1.82) is 0 Å². The summed E-state index contributed by atoms with van der Waals surface area (Å²) in [6, 6.07) is 12.5. The number of aromatic amines is 1.